The highest BCUT2D eigenvalue weighted by Crippen LogP contribution is 2.28. The lowest BCUT2D eigenvalue weighted by atomic mass is 10.1. The van der Waals surface area contributed by atoms with Crippen molar-refractivity contribution in [2.45, 2.75) is 64.1 Å². The van der Waals surface area contributed by atoms with Gasteiger partial charge in [0.25, 0.3) is 10.0 Å². The summed E-state index contributed by atoms with van der Waals surface area (Å²) < 4.78 is 34.1. The fourth-order valence-electron chi connectivity index (χ4n) is 4.29. The number of sulfonamides is 1. The van der Waals surface area contributed by atoms with Gasteiger partial charge in [0.05, 0.1) is 17.7 Å². The second-order valence-electron chi connectivity index (χ2n) is 9.92. The first kappa shape index (κ1) is 32.0. The molecule has 0 fully saturated rings. The molecule has 41 heavy (non-hydrogen) atoms. The molecular weight excluding hydrogens is 562 g/mol. The number of aryl methyl sites for hydroxylation is 1. The average molecular weight is 600 g/mol. The highest BCUT2D eigenvalue weighted by molar-refractivity contribution is 7.92. The number of ether oxygens (including phenoxy) is 1. The first-order valence-electron chi connectivity index (χ1n) is 13.6. The predicted octanol–water partition coefficient (Wildman–Crippen LogP) is 5.57. The van der Waals surface area contributed by atoms with Gasteiger partial charge in [-0.15, -0.1) is 0 Å². The number of halogens is 1. The van der Waals surface area contributed by atoms with Crippen LogP contribution in [0.2, 0.25) is 5.02 Å². The van der Waals surface area contributed by atoms with Crippen LogP contribution in [0, 0.1) is 6.92 Å². The van der Waals surface area contributed by atoms with Crippen molar-refractivity contribution in [2.24, 2.45) is 0 Å². The summed E-state index contributed by atoms with van der Waals surface area (Å²) in [5.74, 6) is -0.305. The monoisotopic (exact) mass is 599 g/mol. The number of hydrogen-bond donors (Lipinski definition) is 1. The molecule has 2 atom stereocenters. The smallest absolute Gasteiger partial charge is 0.264 e. The van der Waals surface area contributed by atoms with E-state index in [0.29, 0.717) is 17.2 Å². The second kappa shape index (κ2) is 14.4. The normalized spacial score (nSPS) is 12.7. The molecular formula is C31H38ClN3O5S. The van der Waals surface area contributed by atoms with Crippen molar-refractivity contribution in [3.05, 3.63) is 88.9 Å². The Morgan fingerprint density at radius 1 is 0.976 bits per heavy atom. The van der Waals surface area contributed by atoms with E-state index in [9.17, 15) is 18.0 Å². The number of nitrogens with one attached hydrogen (secondary N) is 1. The fourth-order valence-corrected chi connectivity index (χ4v) is 5.88. The minimum absolute atomic E-state index is 0.0160. The highest BCUT2D eigenvalue weighted by atomic mass is 35.5. The van der Waals surface area contributed by atoms with E-state index in [2.05, 4.69) is 5.32 Å². The Labute approximate surface area is 248 Å². The van der Waals surface area contributed by atoms with E-state index in [1.807, 2.05) is 52.0 Å². The molecule has 10 heteroatoms. The minimum atomic E-state index is -4.21. The summed E-state index contributed by atoms with van der Waals surface area (Å²) in [6.07, 6.45) is 1.08. The Balaban J connectivity index is 2.06. The quantitative estimate of drug-likeness (QED) is 0.277. The van der Waals surface area contributed by atoms with Crippen LogP contribution in [0.3, 0.4) is 0 Å². The summed E-state index contributed by atoms with van der Waals surface area (Å²) in [5, 5.41) is 3.30. The third-order valence-electron chi connectivity index (χ3n) is 6.88. The molecule has 0 saturated heterocycles. The molecule has 0 aliphatic rings. The van der Waals surface area contributed by atoms with Gasteiger partial charge >= 0.3 is 0 Å². The van der Waals surface area contributed by atoms with Crippen LogP contribution in [0.1, 0.15) is 44.7 Å². The maximum absolute atomic E-state index is 14.1. The van der Waals surface area contributed by atoms with Crippen molar-refractivity contribution in [3.63, 3.8) is 0 Å². The first-order valence-corrected chi connectivity index (χ1v) is 15.4. The Hall–Kier alpha value is -3.56. The van der Waals surface area contributed by atoms with Crippen molar-refractivity contribution >= 4 is 39.1 Å². The molecule has 0 radical (unpaired) electrons. The van der Waals surface area contributed by atoms with Gasteiger partial charge in [-0.2, -0.15) is 0 Å². The van der Waals surface area contributed by atoms with E-state index in [1.54, 1.807) is 30.3 Å². The summed E-state index contributed by atoms with van der Waals surface area (Å²) in [4.78, 5) is 28.9. The van der Waals surface area contributed by atoms with Gasteiger partial charge < -0.3 is 15.0 Å². The third-order valence-corrected chi connectivity index (χ3v) is 8.91. The van der Waals surface area contributed by atoms with E-state index in [1.165, 1.54) is 30.2 Å². The Kier molecular flexibility index (Phi) is 11.2. The lowest BCUT2D eigenvalue weighted by Gasteiger charge is -2.33. The third kappa shape index (κ3) is 8.24. The van der Waals surface area contributed by atoms with Crippen LogP contribution in [0.25, 0.3) is 0 Å². The summed E-state index contributed by atoms with van der Waals surface area (Å²) in [6.45, 7) is 7.27. The van der Waals surface area contributed by atoms with Crippen LogP contribution in [0.5, 0.6) is 5.75 Å². The molecule has 0 aliphatic heterocycles. The van der Waals surface area contributed by atoms with Crippen molar-refractivity contribution in [2.75, 3.05) is 18.0 Å². The topological polar surface area (TPSA) is 96.0 Å². The van der Waals surface area contributed by atoms with Gasteiger partial charge in [0.1, 0.15) is 18.3 Å². The molecule has 0 unspecified atom stereocenters. The standard InChI is InChI=1S/C31H38ClN3O5S/c1-6-23(4)33-31(37)29(7-2)34(20-24-13-11-22(3)12-14-24)30(36)21-35(26-10-8-9-25(32)19-26)41(38,39)28-17-15-27(40-5)16-18-28/h8-19,23,29H,6-7,20-21H2,1-5H3,(H,33,37)/t23-,29+/m1/s1. The summed E-state index contributed by atoms with van der Waals surface area (Å²) in [5.41, 5.74) is 2.12. The predicted molar refractivity (Wildman–Crippen MR) is 163 cm³/mol. The molecule has 1 N–H and O–H groups in total. The van der Waals surface area contributed by atoms with Crippen LogP contribution in [0.15, 0.2) is 77.7 Å². The number of methoxy groups -OCH3 is 1. The van der Waals surface area contributed by atoms with Crippen molar-refractivity contribution in [3.8, 4) is 5.75 Å². The Morgan fingerprint density at radius 3 is 2.20 bits per heavy atom. The zero-order valence-electron chi connectivity index (χ0n) is 24.1. The van der Waals surface area contributed by atoms with Crippen molar-refractivity contribution in [1.82, 2.24) is 10.2 Å². The molecule has 0 spiro atoms. The number of benzene rings is 3. The van der Waals surface area contributed by atoms with Gasteiger partial charge in [0, 0.05) is 17.6 Å². The highest BCUT2D eigenvalue weighted by Gasteiger charge is 2.34. The van der Waals surface area contributed by atoms with E-state index in [0.717, 1.165) is 21.9 Å². The number of hydrogen-bond acceptors (Lipinski definition) is 5. The fraction of sp³-hybridized carbons (Fsp3) is 0.355. The molecule has 3 aromatic rings. The number of carbonyl (C=O) groups excluding carboxylic acids is 2. The summed E-state index contributed by atoms with van der Waals surface area (Å²) >= 11 is 6.23. The molecule has 8 nitrogen and oxygen atoms in total. The van der Waals surface area contributed by atoms with Gasteiger partial charge in [0.15, 0.2) is 0 Å². The molecule has 220 valence electrons. The van der Waals surface area contributed by atoms with Gasteiger partial charge in [-0.05, 0) is 74.7 Å². The molecule has 3 rings (SSSR count). The van der Waals surface area contributed by atoms with Crippen LogP contribution >= 0.6 is 11.6 Å². The zero-order chi connectivity index (χ0) is 30.2. The number of amides is 2. The van der Waals surface area contributed by atoms with E-state index >= 15 is 0 Å². The molecule has 3 aromatic carbocycles. The van der Waals surface area contributed by atoms with Crippen molar-refractivity contribution < 1.29 is 22.7 Å². The lowest BCUT2D eigenvalue weighted by Crippen LogP contribution is -2.53. The summed E-state index contributed by atoms with van der Waals surface area (Å²) in [7, 11) is -2.72. The molecule has 0 bridgehead atoms. The molecule has 0 heterocycles. The number of rotatable bonds is 13. The number of carbonyl (C=O) groups is 2. The molecule has 0 aromatic heterocycles. The maximum atomic E-state index is 14.1. The van der Waals surface area contributed by atoms with Crippen LogP contribution < -0.4 is 14.4 Å². The number of anilines is 1. The Morgan fingerprint density at radius 2 is 1.63 bits per heavy atom. The molecule has 0 saturated carbocycles. The van der Waals surface area contributed by atoms with Crippen LogP contribution in [-0.4, -0.2) is 50.9 Å². The van der Waals surface area contributed by atoms with Gasteiger partial charge in [-0.3, -0.25) is 13.9 Å². The lowest BCUT2D eigenvalue weighted by molar-refractivity contribution is -0.140. The number of nitrogens with zero attached hydrogens (tertiary/aromatic N) is 2. The van der Waals surface area contributed by atoms with Crippen molar-refractivity contribution in [1.29, 1.82) is 0 Å². The largest absolute Gasteiger partial charge is 0.497 e. The van der Waals surface area contributed by atoms with Crippen LogP contribution in [0.4, 0.5) is 5.69 Å². The van der Waals surface area contributed by atoms with Gasteiger partial charge in [-0.1, -0.05) is 61.3 Å². The summed E-state index contributed by atoms with van der Waals surface area (Å²) in [6, 6.07) is 19.0. The van der Waals surface area contributed by atoms with E-state index in [4.69, 9.17) is 16.3 Å². The molecule has 2 amide bonds. The average Bonchev–Trinajstić information content (AvgIpc) is 2.96. The van der Waals surface area contributed by atoms with Gasteiger partial charge in [0.2, 0.25) is 11.8 Å². The SMILES string of the molecule is CC[C@@H](C)NC(=O)[C@H](CC)N(Cc1ccc(C)cc1)C(=O)CN(c1cccc(Cl)c1)S(=O)(=O)c1ccc(OC)cc1. The van der Waals surface area contributed by atoms with E-state index < -0.39 is 28.5 Å². The zero-order valence-corrected chi connectivity index (χ0v) is 25.7. The van der Waals surface area contributed by atoms with Gasteiger partial charge in [-0.25, -0.2) is 8.42 Å². The Bertz CT molecular complexity index is 1430. The van der Waals surface area contributed by atoms with E-state index in [-0.39, 0.29) is 29.1 Å². The first-order chi connectivity index (χ1) is 19.5. The van der Waals surface area contributed by atoms with Crippen LogP contribution in [-0.2, 0) is 26.2 Å². The second-order valence-corrected chi connectivity index (χ2v) is 12.2. The molecule has 0 aliphatic carbocycles. The minimum Gasteiger partial charge on any atom is -0.497 e. The maximum Gasteiger partial charge on any atom is 0.264 e.